The van der Waals surface area contributed by atoms with E-state index in [0.717, 1.165) is 11.3 Å². The predicted octanol–water partition coefficient (Wildman–Crippen LogP) is 2.29. The maximum Gasteiger partial charge on any atom is 0.248 e. The van der Waals surface area contributed by atoms with Gasteiger partial charge in [-0.2, -0.15) is 5.26 Å². The molecular weight excluding hydrogens is 252 g/mol. The van der Waals surface area contributed by atoms with Crippen molar-refractivity contribution in [3.63, 3.8) is 0 Å². The third kappa shape index (κ3) is 2.70. The van der Waals surface area contributed by atoms with Crippen molar-refractivity contribution in [2.24, 2.45) is 5.73 Å². The molecule has 0 radical (unpaired) electrons. The molecule has 0 fully saturated rings. The Morgan fingerprint density at radius 3 is 2.55 bits per heavy atom. The minimum atomic E-state index is -0.522. The standard InChI is InChI=1S/C15H14N4O/c1-9-2-3-10(8-16)6-14(9)19-13-5-4-11(15(18)20)7-12(13)17/h2-7,19H,17H2,1H3,(H2,18,20). The summed E-state index contributed by atoms with van der Waals surface area (Å²) in [4.78, 5) is 11.1. The first-order valence-corrected chi connectivity index (χ1v) is 5.98. The number of amides is 1. The van der Waals surface area contributed by atoms with Gasteiger partial charge in [-0.3, -0.25) is 4.79 Å². The number of nitrogens with one attached hydrogen (secondary N) is 1. The van der Waals surface area contributed by atoms with Crippen molar-refractivity contribution in [2.45, 2.75) is 6.92 Å². The number of nitrogens with two attached hydrogens (primary N) is 2. The predicted molar refractivity (Wildman–Crippen MR) is 78.5 cm³/mol. The number of hydrogen-bond donors (Lipinski definition) is 3. The van der Waals surface area contributed by atoms with Crippen LogP contribution in [0.1, 0.15) is 21.5 Å². The second kappa shape index (κ2) is 5.33. The molecular formula is C15H14N4O. The Balaban J connectivity index is 2.35. The second-order valence-electron chi connectivity index (χ2n) is 4.43. The third-order valence-electron chi connectivity index (χ3n) is 2.97. The van der Waals surface area contributed by atoms with E-state index in [-0.39, 0.29) is 0 Å². The number of anilines is 3. The number of primary amides is 1. The van der Waals surface area contributed by atoms with Gasteiger partial charge in [0.2, 0.25) is 5.91 Å². The molecule has 1 amide bonds. The van der Waals surface area contributed by atoms with Gasteiger partial charge < -0.3 is 16.8 Å². The van der Waals surface area contributed by atoms with E-state index in [9.17, 15) is 4.79 Å². The average molecular weight is 266 g/mol. The Morgan fingerprint density at radius 2 is 1.95 bits per heavy atom. The number of nitrogen functional groups attached to an aromatic ring is 1. The molecule has 0 heterocycles. The molecule has 5 nitrogen and oxygen atoms in total. The number of benzene rings is 2. The number of nitriles is 1. The highest BCUT2D eigenvalue weighted by Crippen LogP contribution is 2.26. The van der Waals surface area contributed by atoms with Gasteiger partial charge in [0.1, 0.15) is 0 Å². The van der Waals surface area contributed by atoms with Crippen molar-refractivity contribution in [1.82, 2.24) is 0 Å². The van der Waals surface area contributed by atoms with E-state index in [1.165, 1.54) is 6.07 Å². The molecule has 5 heteroatoms. The Labute approximate surface area is 116 Å². The molecule has 0 spiro atoms. The lowest BCUT2D eigenvalue weighted by molar-refractivity contribution is 0.100. The number of rotatable bonds is 3. The van der Waals surface area contributed by atoms with Crippen molar-refractivity contribution in [2.75, 3.05) is 11.1 Å². The number of nitrogens with zero attached hydrogens (tertiary/aromatic N) is 1. The maximum atomic E-state index is 11.1. The summed E-state index contributed by atoms with van der Waals surface area (Å²) < 4.78 is 0. The van der Waals surface area contributed by atoms with Crippen LogP contribution >= 0.6 is 0 Å². The minimum Gasteiger partial charge on any atom is -0.397 e. The van der Waals surface area contributed by atoms with Gasteiger partial charge in [0.05, 0.1) is 23.0 Å². The van der Waals surface area contributed by atoms with Gasteiger partial charge in [0, 0.05) is 11.3 Å². The molecule has 2 aromatic carbocycles. The topological polar surface area (TPSA) is 105 Å². The van der Waals surface area contributed by atoms with Gasteiger partial charge >= 0.3 is 0 Å². The van der Waals surface area contributed by atoms with Crippen LogP contribution in [0.5, 0.6) is 0 Å². The molecule has 0 bridgehead atoms. The summed E-state index contributed by atoms with van der Waals surface area (Å²) in [7, 11) is 0. The molecule has 0 atom stereocenters. The van der Waals surface area contributed by atoms with Crippen molar-refractivity contribution in [3.8, 4) is 6.07 Å². The monoisotopic (exact) mass is 266 g/mol. The van der Waals surface area contributed by atoms with E-state index in [4.69, 9.17) is 16.7 Å². The first-order valence-electron chi connectivity index (χ1n) is 5.98. The van der Waals surface area contributed by atoms with Gasteiger partial charge in [-0.25, -0.2) is 0 Å². The largest absolute Gasteiger partial charge is 0.397 e. The molecule has 0 saturated carbocycles. The summed E-state index contributed by atoms with van der Waals surface area (Å²) in [5.74, 6) is -0.522. The summed E-state index contributed by atoms with van der Waals surface area (Å²) in [5.41, 5.74) is 14.9. The van der Waals surface area contributed by atoms with Crippen LogP contribution in [0.3, 0.4) is 0 Å². The number of aryl methyl sites for hydroxylation is 1. The van der Waals surface area contributed by atoms with Gasteiger partial charge in [-0.1, -0.05) is 6.07 Å². The highest BCUT2D eigenvalue weighted by Gasteiger charge is 2.07. The van der Waals surface area contributed by atoms with Gasteiger partial charge in [0.15, 0.2) is 0 Å². The molecule has 0 unspecified atom stereocenters. The van der Waals surface area contributed by atoms with Crippen LogP contribution in [0, 0.1) is 18.3 Å². The van der Waals surface area contributed by atoms with Gasteiger partial charge in [0.25, 0.3) is 0 Å². The van der Waals surface area contributed by atoms with Crippen molar-refractivity contribution < 1.29 is 4.79 Å². The Bertz CT molecular complexity index is 716. The molecule has 5 N–H and O–H groups in total. The first kappa shape index (κ1) is 13.4. The zero-order chi connectivity index (χ0) is 14.7. The molecule has 100 valence electrons. The van der Waals surface area contributed by atoms with E-state index in [0.29, 0.717) is 22.5 Å². The van der Waals surface area contributed by atoms with Crippen LogP contribution < -0.4 is 16.8 Å². The second-order valence-corrected chi connectivity index (χ2v) is 4.43. The summed E-state index contributed by atoms with van der Waals surface area (Å²) >= 11 is 0. The van der Waals surface area contributed by atoms with Gasteiger partial charge in [-0.15, -0.1) is 0 Å². The maximum absolute atomic E-state index is 11.1. The molecule has 20 heavy (non-hydrogen) atoms. The lowest BCUT2D eigenvalue weighted by Crippen LogP contribution is -2.11. The van der Waals surface area contributed by atoms with Crippen LogP contribution in [-0.4, -0.2) is 5.91 Å². The molecule has 0 aliphatic rings. The number of hydrogen-bond acceptors (Lipinski definition) is 4. The van der Waals surface area contributed by atoms with E-state index in [1.807, 2.05) is 13.0 Å². The summed E-state index contributed by atoms with van der Waals surface area (Å²) in [6.07, 6.45) is 0. The fourth-order valence-electron chi connectivity index (χ4n) is 1.80. The van der Waals surface area contributed by atoms with Crippen molar-refractivity contribution in [1.29, 1.82) is 5.26 Å². The van der Waals surface area contributed by atoms with E-state index >= 15 is 0 Å². The van der Waals surface area contributed by atoms with Crippen LogP contribution in [0.4, 0.5) is 17.1 Å². The molecule has 0 aliphatic heterocycles. The lowest BCUT2D eigenvalue weighted by atomic mass is 10.1. The highest BCUT2D eigenvalue weighted by atomic mass is 16.1. The highest BCUT2D eigenvalue weighted by molar-refractivity contribution is 5.95. The van der Waals surface area contributed by atoms with Crippen LogP contribution in [0.25, 0.3) is 0 Å². The normalized spacial score (nSPS) is 9.80. The Morgan fingerprint density at radius 1 is 1.20 bits per heavy atom. The van der Waals surface area contributed by atoms with E-state index in [1.54, 1.807) is 24.3 Å². The first-order chi connectivity index (χ1) is 9.51. The van der Waals surface area contributed by atoms with Crippen LogP contribution in [0.2, 0.25) is 0 Å². The third-order valence-corrected chi connectivity index (χ3v) is 2.97. The van der Waals surface area contributed by atoms with Crippen LogP contribution in [0.15, 0.2) is 36.4 Å². The molecule has 2 aromatic rings. The molecule has 0 aliphatic carbocycles. The Hall–Kier alpha value is -3.00. The summed E-state index contributed by atoms with van der Waals surface area (Å²) in [6, 6.07) is 12.3. The van der Waals surface area contributed by atoms with Crippen molar-refractivity contribution >= 4 is 23.0 Å². The minimum absolute atomic E-state index is 0.357. The molecule has 2 rings (SSSR count). The number of carbonyl (C=O) groups excluding carboxylic acids is 1. The smallest absolute Gasteiger partial charge is 0.248 e. The van der Waals surface area contributed by atoms with Crippen LogP contribution in [-0.2, 0) is 0 Å². The number of carbonyl (C=O) groups is 1. The van der Waals surface area contributed by atoms with Gasteiger partial charge in [-0.05, 0) is 42.8 Å². The Kier molecular flexibility index (Phi) is 3.58. The fraction of sp³-hybridized carbons (Fsp3) is 0.0667. The molecule has 0 aromatic heterocycles. The molecule has 0 saturated heterocycles. The fourth-order valence-corrected chi connectivity index (χ4v) is 1.80. The average Bonchev–Trinajstić information content (AvgIpc) is 2.43. The zero-order valence-corrected chi connectivity index (χ0v) is 11.0. The SMILES string of the molecule is Cc1ccc(C#N)cc1Nc1ccc(C(N)=O)cc1N. The lowest BCUT2D eigenvalue weighted by Gasteiger charge is -2.12. The summed E-state index contributed by atoms with van der Waals surface area (Å²) in [6.45, 7) is 1.93. The quantitative estimate of drug-likeness (QED) is 0.741. The zero-order valence-electron chi connectivity index (χ0n) is 11.0. The van der Waals surface area contributed by atoms with E-state index in [2.05, 4.69) is 11.4 Å². The van der Waals surface area contributed by atoms with Crippen molar-refractivity contribution in [3.05, 3.63) is 53.1 Å². The summed E-state index contributed by atoms with van der Waals surface area (Å²) in [5, 5.41) is 12.1. The van der Waals surface area contributed by atoms with E-state index < -0.39 is 5.91 Å².